The number of hydrogen-bond donors (Lipinski definition) is 2. The van der Waals surface area contributed by atoms with Crippen LogP contribution < -0.4 is 11.1 Å². The van der Waals surface area contributed by atoms with Gasteiger partial charge in [-0.1, -0.05) is 39.0 Å². The van der Waals surface area contributed by atoms with E-state index in [2.05, 4.69) is 61.4 Å². The Morgan fingerprint density at radius 3 is 2.85 bits per heavy atom. The number of nitrogens with zero attached hydrogens (tertiary/aromatic N) is 1. The fourth-order valence-electron chi connectivity index (χ4n) is 2.75. The highest BCUT2D eigenvalue weighted by Gasteiger charge is 2.26. The summed E-state index contributed by atoms with van der Waals surface area (Å²) >= 11 is 0. The maximum atomic E-state index is 6.21. The Kier molecular flexibility index (Phi) is 3.13. The number of nitrogens with one attached hydrogen (secondary N) is 1. The van der Waals surface area contributed by atoms with E-state index < -0.39 is 0 Å². The number of benzene rings is 1. The van der Waals surface area contributed by atoms with Crippen LogP contribution in [0.3, 0.4) is 0 Å². The molecule has 2 unspecified atom stereocenters. The highest BCUT2D eigenvalue weighted by Crippen LogP contribution is 2.31. The molecule has 0 radical (unpaired) electrons. The van der Waals surface area contributed by atoms with Gasteiger partial charge in [0.15, 0.2) is 0 Å². The van der Waals surface area contributed by atoms with Gasteiger partial charge in [0.25, 0.3) is 0 Å². The van der Waals surface area contributed by atoms with Gasteiger partial charge in [-0.25, -0.2) is 4.99 Å². The maximum absolute atomic E-state index is 6.21. The smallest absolute Gasteiger partial charge is 0.133 e. The summed E-state index contributed by atoms with van der Waals surface area (Å²) in [5, 5.41) is 3.59. The van der Waals surface area contributed by atoms with Crippen LogP contribution in [0, 0.1) is 5.92 Å². The van der Waals surface area contributed by atoms with Crippen LogP contribution in [0.5, 0.6) is 0 Å². The largest absolute Gasteiger partial charge is 0.383 e. The topological polar surface area (TPSA) is 50.4 Å². The van der Waals surface area contributed by atoms with E-state index in [4.69, 9.17) is 5.73 Å². The van der Waals surface area contributed by atoms with E-state index in [1.807, 2.05) is 6.08 Å². The quantitative estimate of drug-likeness (QED) is 0.819. The molecule has 2 atom stereocenters. The number of nitrogens with two attached hydrogens (primary N) is 1. The van der Waals surface area contributed by atoms with Crippen LogP contribution in [-0.4, -0.2) is 11.9 Å². The van der Waals surface area contributed by atoms with Crippen LogP contribution in [-0.2, 0) is 0 Å². The average Bonchev–Trinajstić information content (AvgIpc) is 2.56. The van der Waals surface area contributed by atoms with Gasteiger partial charge in [-0.15, -0.1) is 0 Å². The van der Waals surface area contributed by atoms with Gasteiger partial charge < -0.3 is 11.1 Å². The van der Waals surface area contributed by atoms with Crippen molar-refractivity contribution < 1.29 is 0 Å². The predicted octanol–water partition coefficient (Wildman–Crippen LogP) is 3.40. The van der Waals surface area contributed by atoms with Crippen molar-refractivity contribution in [2.75, 3.05) is 5.32 Å². The minimum Gasteiger partial charge on any atom is -0.383 e. The van der Waals surface area contributed by atoms with Crippen molar-refractivity contribution >= 4 is 11.5 Å². The Bertz CT molecular complexity index is 623. The summed E-state index contributed by atoms with van der Waals surface area (Å²) in [6.07, 6.45) is 6.30. The summed E-state index contributed by atoms with van der Waals surface area (Å²) < 4.78 is 0. The van der Waals surface area contributed by atoms with Crippen molar-refractivity contribution in [1.29, 1.82) is 0 Å². The van der Waals surface area contributed by atoms with E-state index >= 15 is 0 Å². The lowest BCUT2D eigenvalue weighted by molar-refractivity contribution is 0.628. The summed E-state index contributed by atoms with van der Waals surface area (Å²) in [7, 11) is 0. The van der Waals surface area contributed by atoms with E-state index in [0.29, 0.717) is 17.7 Å². The minimum absolute atomic E-state index is 0.199. The number of allylic oxidation sites excluding steroid dienone is 2. The van der Waals surface area contributed by atoms with Gasteiger partial charge in [-0.3, -0.25) is 0 Å². The lowest BCUT2D eigenvalue weighted by atomic mass is 9.94. The van der Waals surface area contributed by atoms with Gasteiger partial charge in [0, 0.05) is 17.2 Å². The second-order valence-electron chi connectivity index (χ2n) is 5.91. The second kappa shape index (κ2) is 4.82. The molecular formula is C17H21N3. The van der Waals surface area contributed by atoms with Crippen molar-refractivity contribution in [2.24, 2.45) is 16.6 Å². The van der Waals surface area contributed by atoms with Gasteiger partial charge in [0.2, 0.25) is 0 Å². The molecule has 1 heterocycles. The molecule has 3 N–H and O–H groups in total. The number of rotatable bonds is 1. The number of anilines is 1. The van der Waals surface area contributed by atoms with Gasteiger partial charge >= 0.3 is 0 Å². The predicted molar refractivity (Wildman–Crippen MR) is 85.1 cm³/mol. The zero-order valence-electron chi connectivity index (χ0n) is 12.2. The van der Waals surface area contributed by atoms with E-state index in [-0.39, 0.29) is 6.04 Å². The molecule has 3 heteroatoms. The van der Waals surface area contributed by atoms with Crippen molar-refractivity contribution in [3.63, 3.8) is 0 Å². The van der Waals surface area contributed by atoms with E-state index in [1.165, 1.54) is 5.56 Å². The normalized spacial score (nSPS) is 24.2. The summed E-state index contributed by atoms with van der Waals surface area (Å²) in [4.78, 5) is 4.63. The van der Waals surface area contributed by atoms with Gasteiger partial charge in [-0.2, -0.15) is 0 Å². The van der Waals surface area contributed by atoms with Gasteiger partial charge in [0.1, 0.15) is 5.84 Å². The highest BCUT2D eigenvalue weighted by molar-refractivity contribution is 6.04. The summed E-state index contributed by atoms with van der Waals surface area (Å²) in [6.45, 7) is 6.57. The third-order valence-electron chi connectivity index (χ3n) is 4.07. The molecule has 1 aromatic rings. The molecule has 0 fully saturated rings. The molecule has 104 valence electrons. The zero-order chi connectivity index (χ0) is 14.3. The van der Waals surface area contributed by atoms with Gasteiger partial charge in [0.05, 0.1) is 11.7 Å². The number of aliphatic imine (C=N–C) groups is 1. The molecule has 0 saturated heterocycles. The molecule has 1 aromatic carbocycles. The molecule has 2 aliphatic rings. The molecule has 1 aliphatic carbocycles. The summed E-state index contributed by atoms with van der Waals surface area (Å²) in [6, 6.07) is 6.65. The molecule has 0 spiro atoms. The van der Waals surface area contributed by atoms with Crippen LogP contribution in [0.2, 0.25) is 0 Å². The number of hydrogen-bond acceptors (Lipinski definition) is 3. The summed E-state index contributed by atoms with van der Waals surface area (Å²) in [5.41, 5.74) is 10.6. The average molecular weight is 267 g/mol. The lowest BCUT2D eigenvalue weighted by Gasteiger charge is -2.25. The van der Waals surface area contributed by atoms with E-state index in [1.54, 1.807) is 0 Å². The van der Waals surface area contributed by atoms with Crippen LogP contribution in [0.1, 0.15) is 37.8 Å². The molecule has 0 bridgehead atoms. The first kappa shape index (κ1) is 13.0. The van der Waals surface area contributed by atoms with Crippen LogP contribution in [0.4, 0.5) is 5.69 Å². The Balaban J connectivity index is 2.10. The van der Waals surface area contributed by atoms with E-state index in [0.717, 1.165) is 16.9 Å². The molecule has 0 aromatic heterocycles. The second-order valence-corrected chi connectivity index (χ2v) is 5.91. The number of fused-ring (bicyclic) bond motifs is 2. The standard InChI is InChI=1S/C17H21N3/c1-10(2)12-7-8-14-13(9-12)17(18)20-15-6-4-5-11(3)16(15)19-14/h4-11,16,19H,1-3H3,(H2,18,20). The molecule has 1 aliphatic heterocycles. The molecule has 0 amide bonds. The van der Waals surface area contributed by atoms with Crippen molar-refractivity contribution in [2.45, 2.75) is 32.7 Å². The molecule has 0 saturated carbocycles. The fourth-order valence-corrected chi connectivity index (χ4v) is 2.75. The first-order valence-corrected chi connectivity index (χ1v) is 7.19. The Labute approximate surface area is 120 Å². The SMILES string of the molecule is CC(C)c1ccc2c(c1)C(N)=NC1=CC=CC(C)C1N2. The highest BCUT2D eigenvalue weighted by atomic mass is 15.0. The Morgan fingerprint density at radius 2 is 2.10 bits per heavy atom. The van der Waals surface area contributed by atoms with Crippen molar-refractivity contribution in [3.05, 3.63) is 53.3 Å². The van der Waals surface area contributed by atoms with Crippen molar-refractivity contribution in [1.82, 2.24) is 0 Å². The van der Waals surface area contributed by atoms with Crippen LogP contribution in [0.25, 0.3) is 0 Å². The minimum atomic E-state index is 0.199. The molecule has 3 rings (SSSR count). The van der Waals surface area contributed by atoms with Gasteiger partial charge in [-0.05, 0) is 29.7 Å². The third-order valence-corrected chi connectivity index (χ3v) is 4.07. The lowest BCUT2D eigenvalue weighted by Crippen LogP contribution is -2.28. The van der Waals surface area contributed by atoms with Crippen LogP contribution >= 0.6 is 0 Å². The fraction of sp³-hybridized carbons (Fsp3) is 0.353. The van der Waals surface area contributed by atoms with Crippen molar-refractivity contribution in [3.8, 4) is 0 Å². The third kappa shape index (κ3) is 2.13. The monoisotopic (exact) mass is 267 g/mol. The van der Waals surface area contributed by atoms with Crippen LogP contribution in [0.15, 0.2) is 47.1 Å². The first-order chi connectivity index (χ1) is 9.56. The van der Waals surface area contributed by atoms with E-state index in [9.17, 15) is 0 Å². The number of amidine groups is 1. The molecule has 20 heavy (non-hydrogen) atoms. The Morgan fingerprint density at radius 1 is 1.30 bits per heavy atom. The molecule has 3 nitrogen and oxygen atoms in total. The first-order valence-electron chi connectivity index (χ1n) is 7.19. The zero-order valence-corrected chi connectivity index (χ0v) is 12.2. The Hall–Kier alpha value is -2.03. The summed E-state index contributed by atoms with van der Waals surface area (Å²) in [5.74, 6) is 1.49. The maximum Gasteiger partial charge on any atom is 0.133 e. The molecular weight excluding hydrogens is 246 g/mol.